The Morgan fingerprint density at radius 3 is 2.54 bits per heavy atom. The zero-order valence-electron chi connectivity index (χ0n) is 12.1. The van der Waals surface area contributed by atoms with Crippen LogP contribution in [-0.4, -0.2) is 16.2 Å². The number of thioether (sulfide) groups is 1. The van der Waals surface area contributed by atoms with Gasteiger partial charge in [0.15, 0.2) is 4.32 Å². The Labute approximate surface area is 146 Å². The topological polar surface area (TPSA) is 60.4 Å². The second-order valence-electron chi connectivity index (χ2n) is 4.91. The number of carbonyl (C=O) groups is 2. The Kier molecular flexibility index (Phi) is 4.46. The largest absolute Gasteiger partial charge is 0.545 e. The van der Waals surface area contributed by atoms with E-state index in [9.17, 15) is 19.1 Å². The molecule has 0 unspecified atom stereocenters. The molecule has 2 aromatic carbocycles. The summed E-state index contributed by atoms with van der Waals surface area (Å²) in [6.07, 6.45) is 1.57. The molecule has 1 aliphatic heterocycles. The number of anilines is 1. The van der Waals surface area contributed by atoms with E-state index >= 15 is 0 Å². The Morgan fingerprint density at radius 1 is 1.21 bits per heavy atom. The van der Waals surface area contributed by atoms with Crippen LogP contribution in [0.1, 0.15) is 15.9 Å². The van der Waals surface area contributed by atoms with Crippen molar-refractivity contribution in [2.75, 3.05) is 4.90 Å². The number of halogens is 1. The van der Waals surface area contributed by atoms with Crippen LogP contribution >= 0.6 is 24.0 Å². The molecule has 0 aliphatic carbocycles. The second kappa shape index (κ2) is 6.54. The first-order valence-corrected chi connectivity index (χ1v) is 8.03. The molecule has 0 saturated carbocycles. The van der Waals surface area contributed by atoms with Gasteiger partial charge in [-0.15, -0.1) is 0 Å². The first kappa shape index (κ1) is 16.4. The number of thiocarbonyl (C=S) groups is 1. The van der Waals surface area contributed by atoms with E-state index in [1.165, 1.54) is 41.3 Å². The van der Waals surface area contributed by atoms with Crippen molar-refractivity contribution in [3.05, 3.63) is 70.4 Å². The fraction of sp³-hybridized carbons (Fsp3) is 0. The molecule has 1 aliphatic rings. The number of carbonyl (C=O) groups excluding carboxylic acids is 2. The van der Waals surface area contributed by atoms with Crippen LogP contribution in [0, 0.1) is 5.82 Å². The van der Waals surface area contributed by atoms with Crippen LogP contribution < -0.4 is 10.0 Å². The van der Waals surface area contributed by atoms with E-state index in [0.29, 0.717) is 20.5 Å². The lowest BCUT2D eigenvalue weighted by Crippen LogP contribution is -2.28. The predicted molar refractivity (Wildman–Crippen MR) is 92.8 cm³/mol. The van der Waals surface area contributed by atoms with Crippen molar-refractivity contribution in [3.63, 3.8) is 0 Å². The number of nitrogens with zero attached hydrogens (tertiary/aromatic N) is 1. The predicted octanol–water partition coefficient (Wildman–Crippen LogP) is 2.60. The van der Waals surface area contributed by atoms with Crippen LogP contribution in [0.15, 0.2) is 53.4 Å². The summed E-state index contributed by atoms with van der Waals surface area (Å²) in [6, 6.07) is 11.6. The molecule has 4 nitrogen and oxygen atoms in total. The molecule has 2 aromatic rings. The molecule has 1 heterocycles. The standard InChI is InChI=1S/C17H10FNO3S2/c18-12-3-1-2-10(8-12)9-14-15(20)19(17(23)24-14)13-6-4-11(5-7-13)16(21)22/h1-9H,(H,21,22)/p-1/b14-9+. The normalized spacial score (nSPS) is 16.0. The summed E-state index contributed by atoms with van der Waals surface area (Å²) in [5.74, 6) is -2.02. The van der Waals surface area contributed by atoms with Crippen LogP contribution in [0.2, 0.25) is 0 Å². The molecule has 0 aromatic heterocycles. The molecule has 1 fully saturated rings. The average molecular weight is 358 g/mol. The second-order valence-corrected chi connectivity index (χ2v) is 6.58. The van der Waals surface area contributed by atoms with Gasteiger partial charge in [-0.3, -0.25) is 9.69 Å². The maximum Gasteiger partial charge on any atom is 0.270 e. The molecule has 0 radical (unpaired) electrons. The van der Waals surface area contributed by atoms with Gasteiger partial charge in [0, 0.05) is 0 Å². The third-order valence-electron chi connectivity index (χ3n) is 3.30. The number of benzene rings is 2. The lowest BCUT2D eigenvalue weighted by atomic mass is 10.2. The highest BCUT2D eigenvalue weighted by atomic mass is 32.2. The Hall–Kier alpha value is -2.51. The quantitative estimate of drug-likeness (QED) is 0.623. The Morgan fingerprint density at radius 2 is 1.92 bits per heavy atom. The van der Waals surface area contributed by atoms with Gasteiger partial charge in [0.05, 0.1) is 16.6 Å². The van der Waals surface area contributed by atoms with Crippen LogP contribution in [0.3, 0.4) is 0 Å². The van der Waals surface area contributed by atoms with Gasteiger partial charge in [-0.1, -0.05) is 48.2 Å². The minimum atomic E-state index is -1.29. The van der Waals surface area contributed by atoms with Crippen molar-refractivity contribution in [2.24, 2.45) is 0 Å². The van der Waals surface area contributed by atoms with E-state index in [4.69, 9.17) is 12.2 Å². The minimum Gasteiger partial charge on any atom is -0.545 e. The molecule has 24 heavy (non-hydrogen) atoms. The first-order valence-electron chi connectivity index (χ1n) is 6.80. The van der Waals surface area contributed by atoms with Gasteiger partial charge >= 0.3 is 0 Å². The first-order chi connectivity index (χ1) is 11.5. The van der Waals surface area contributed by atoms with Crippen molar-refractivity contribution in [3.8, 4) is 0 Å². The van der Waals surface area contributed by atoms with Gasteiger partial charge in [-0.2, -0.15) is 0 Å². The summed E-state index contributed by atoms with van der Waals surface area (Å²) in [5, 5.41) is 10.8. The number of aromatic carboxylic acids is 1. The maximum absolute atomic E-state index is 13.2. The fourth-order valence-corrected chi connectivity index (χ4v) is 3.48. The van der Waals surface area contributed by atoms with Gasteiger partial charge < -0.3 is 9.90 Å². The fourth-order valence-electron chi connectivity index (χ4n) is 2.18. The number of rotatable bonds is 3. The third kappa shape index (κ3) is 3.22. The van der Waals surface area contributed by atoms with Crippen LogP contribution in [0.25, 0.3) is 6.08 Å². The van der Waals surface area contributed by atoms with Crippen molar-refractivity contribution in [2.45, 2.75) is 0 Å². The number of amides is 1. The number of hydrogen-bond acceptors (Lipinski definition) is 5. The SMILES string of the molecule is O=C([O-])c1ccc(N2C(=O)/C(=C\c3cccc(F)c3)SC2=S)cc1. The summed E-state index contributed by atoms with van der Waals surface area (Å²) >= 11 is 6.33. The van der Waals surface area contributed by atoms with E-state index in [2.05, 4.69) is 0 Å². The lowest BCUT2D eigenvalue weighted by Gasteiger charge is -2.15. The molecular formula is C17H9FNO3S2-. The van der Waals surface area contributed by atoms with Gasteiger partial charge in [-0.25, -0.2) is 4.39 Å². The van der Waals surface area contributed by atoms with Gasteiger partial charge in [0.25, 0.3) is 5.91 Å². The Bertz CT molecular complexity index is 878. The van der Waals surface area contributed by atoms with Crippen molar-refractivity contribution < 1.29 is 19.1 Å². The van der Waals surface area contributed by atoms with Crippen molar-refractivity contribution in [1.82, 2.24) is 0 Å². The molecule has 7 heteroatoms. The smallest absolute Gasteiger partial charge is 0.270 e. The molecule has 3 rings (SSSR count). The highest BCUT2D eigenvalue weighted by Crippen LogP contribution is 2.36. The summed E-state index contributed by atoms with van der Waals surface area (Å²) in [4.78, 5) is 25.0. The summed E-state index contributed by atoms with van der Waals surface area (Å²) in [5.41, 5.74) is 1.03. The molecule has 0 spiro atoms. The van der Waals surface area contributed by atoms with Gasteiger partial charge in [-0.05, 0) is 41.5 Å². The molecule has 1 amide bonds. The van der Waals surface area contributed by atoms with Gasteiger partial charge in [0.1, 0.15) is 5.82 Å². The maximum atomic E-state index is 13.2. The highest BCUT2D eigenvalue weighted by Gasteiger charge is 2.33. The third-order valence-corrected chi connectivity index (χ3v) is 4.60. The van der Waals surface area contributed by atoms with E-state index in [1.807, 2.05) is 0 Å². The zero-order chi connectivity index (χ0) is 17.3. The molecule has 0 N–H and O–H groups in total. The summed E-state index contributed by atoms with van der Waals surface area (Å²) in [6.45, 7) is 0. The number of carboxylic acid groups (broad SMARTS) is 1. The molecule has 0 atom stereocenters. The van der Waals surface area contributed by atoms with E-state index in [0.717, 1.165) is 11.8 Å². The molecule has 120 valence electrons. The number of carboxylic acids is 1. The summed E-state index contributed by atoms with van der Waals surface area (Å²) < 4.78 is 13.6. The highest BCUT2D eigenvalue weighted by molar-refractivity contribution is 8.27. The van der Waals surface area contributed by atoms with E-state index < -0.39 is 11.8 Å². The van der Waals surface area contributed by atoms with Gasteiger partial charge in [0.2, 0.25) is 0 Å². The minimum absolute atomic E-state index is 0.0134. The summed E-state index contributed by atoms with van der Waals surface area (Å²) in [7, 11) is 0. The van der Waals surface area contributed by atoms with Crippen LogP contribution in [-0.2, 0) is 4.79 Å². The molecule has 1 saturated heterocycles. The average Bonchev–Trinajstić information content (AvgIpc) is 2.81. The van der Waals surface area contributed by atoms with Crippen molar-refractivity contribution in [1.29, 1.82) is 0 Å². The number of hydrogen-bond donors (Lipinski definition) is 0. The van der Waals surface area contributed by atoms with Crippen LogP contribution in [0.4, 0.5) is 10.1 Å². The lowest BCUT2D eigenvalue weighted by molar-refractivity contribution is -0.255. The Balaban J connectivity index is 1.90. The van der Waals surface area contributed by atoms with E-state index in [-0.39, 0.29) is 11.5 Å². The van der Waals surface area contributed by atoms with Crippen molar-refractivity contribution >= 4 is 51.9 Å². The zero-order valence-corrected chi connectivity index (χ0v) is 13.7. The monoisotopic (exact) mass is 358 g/mol. The molecule has 0 bridgehead atoms. The van der Waals surface area contributed by atoms with Crippen LogP contribution in [0.5, 0.6) is 0 Å². The van der Waals surface area contributed by atoms with E-state index in [1.54, 1.807) is 18.2 Å². The molecular weight excluding hydrogens is 349 g/mol.